The maximum absolute atomic E-state index is 3.02. The lowest BCUT2D eigenvalue weighted by molar-refractivity contribution is 1.59. The Morgan fingerprint density at radius 2 is 1.33 bits per heavy atom. The monoisotopic (exact) mass is 304 g/mol. The summed E-state index contributed by atoms with van der Waals surface area (Å²) in [4.78, 5) is 0. The second kappa shape index (κ2) is 4.99. The number of benzene rings is 2. The molecule has 0 bridgehead atoms. The van der Waals surface area contributed by atoms with Crippen molar-refractivity contribution in [1.82, 2.24) is 0 Å². The standard InChI is InChI=1S/C14H9I/c15-11-10-12-6-8-14(9-7-12)13-4-2-1-3-5-13/h1-9H. The van der Waals surface area contributed by atoms with E-state index in [9.17, 15) is 0 Å². The molecule has 0 N–H and O–H groups in total. The largest absolute Gasteiger partial charge is 0.0622 e. The van der Waals surface area contributed by atoms with Crippen molar-refractivity contribution in [2.24, 2.45) is 0 Å². The minimum absolute atomic E-state index is 1.06. The van der Waals surface area contributed by atoms with Crippen LogP contribution in [0.1, 0.15) is 5.56 Å². The van der Waals surface area contributed by atoms with E-state index in [1.807, 2.05) is 30.3 Å². The predicted molar refractivity (Wildman–Crippen MR) is 72.8 cm³/mol. The van der Waals surface area contributed by atoms with Crippen LogP contribution in [0.2, 0.25) is 0 Å². The third kappa shape index (κ3) is 2.60. The third-order valence-corrected chi connectivity index (χ3v) is 2.45. The smallest absolute Gasteiger partial charge is 0.0253 e. The van der Waals surface area contributed by atoms with Crippen LogP contribution in [0.25, 0.3) is 11.1 Å². The Labute approximate surface area is 103 Å². The first-order chi connectivity index (χ1) is 7.40. The predicted octanol–water partition coefficient (Wildman–Crippen LogP) is 4.10. The van der Waals surface area contributed by atoms with Crippen molar-refractivity contribution in [2.45, 2.75) is 0 Å². The van der Waals surface area contributed by atoms with Gasteiger partial charge in [-0.05, 0) is 27.2 Å². The van der Waals surface area contributed by atoms with Crippen LogP contribution in [0.3, 0.4) is 0 Å². The zero-order valence-corrected chi connectivity index (χ0v) is 10.2. The van der Waals surface area contributed by atoms with Gasteiger partial charge in [-0.1, -0.05) is 48.4 Å². The van der Waals surface area contributed by atoms with Gasteiger partial charge in [-0.3, -0.25) is 0 Å². The summed E-state index contributed by atoms with van der Waals surface area (Å²) >= 11 is 2.05. The average Bonchev–Trinajstić information content (AvgIpc) is 2.32. The van der Waals surface area contributed by atoms with E-state index < -0.39 is 0 Å². The van der Waals surface area contributed by atoms with Gasteiger partial charge in [-0.25, -0.2) is 0 Å². The maximum atomic E-state index is 3.02. The molecule has 2 aromatic rings. The molecule has 0 aliphatic rings. The van der Waals surface area contributed by atoms with Crippen molar-refractivity contribution < 1.29 is 0 Å². The van der Waals surface area contributed by atoms with Crippen LogP contribution in [-0.4, -0.2) is 0 Å². The van der Waals surface area contributed by atoms with Crippen molar-refractivity contribution in [3.63, 3.8) is 0 Å². The molecule has 0 aromatic heterocycles. The maximum Gasteiger partial charge on any atom is 0.0253 e. The van der Waals surface area contributed by atoms with E-state index in [0.29, 0.717) is 0 Å². The van der Waals surface area contributed by atoms with Gasteiger partial charge in [-0.15, -0.1) is 0 Å². The summed E-state index contributed by atoms with van der Waals surface area (Å²) in [5.74, 6) is 3.02. The summed E-state index contributed by atoms with van der Waals surface area (Å²) in [5, 5.41) is 0. The number of hydrogen-bond donors (Lipinski definition) is 0. The fraction of sp³-hybridized carbons (Fsp3) is 0. The van der Waals surface area contributed by atoms with Gasteiger partial charge in [0.25, 0.3) is 0 Å². The molecule has 0 aliphatic carbocycles. The van der Waals surface area contributed by atoms with Gasteiger partial charge in [0, 0.05) is 28.2 Å². The first kappa shape index (κ1) is 10.3. The van der Waals surface area contributed by atoms with Gasteiger partial charge in [0.1, 0.15) is 0 Å². The molecular formula is C14H9I. The van der Waals surface area contributed by atoms with Crippen molar-refractivity contribution in [1.29, 1.82) is 0 Å². The van der Waals surface area contributed by atoms with Gasteiger partial charge in [-0.2, -0.15) is 0 Å². The van der Waals surface area contributed by atoms with Crippen molar-refractivity contribution in [3.05, 3.63) is 60.2 Å². The SMILES string of the molecule is IC#Cc1ccc(-c2ccccc2)cc1. The Kier molecular flexibility index (Phi) is 3.41. The van der Waals surface area contributed by atoms with Crippen LogP contribution < -0.4 is 0 Å². The van der Waals surface area contributed by atoms with Crippen molar-refractivity contribution >= 4 is 22.6 Å². The molecule has 0 atom stereocenters. The fourth-order valence-electron chi connectivity index (χ4n) is 1.43. The van der Waals surface area contributed by atoms with Crippen LogP contribution >= 0.6 is 22.6 Å². The van der Waals surface area contributed by atoms with E-state index in [1.165, 1.54) is 11.1 Å². The van der Waals surface area contributed by atoms with Crippen LogP contribution in [0.4, 0.5) is 0 Å². The van der Waals surface area contributed by atoms with Crippen LogP contribution in [0.15, 0.2) is 54.6 Å². The summed E-state index contributed by atoms with van der Waals surface area (Å²) < 4.78 is 2.86. The molecular weight excluding hydrogens is 295 g/mol. The summed E-state index contributed by atoms with van der Waals surface area (Å²) in [6.07, 6.45) is 0. The minimum Gasteiger partial charge on any atom is -0.0622 e. The molecule has 0 saturated heterocycles. The van der Waals surface area contributed by atoms with Crippen LogP contribution in [-0.2, 0) is 0 Å². The van der Waals surface area contributed by atoms with E-state index in [1.54, 1.807) is 0 Å². The molecule has 0 aliphatic heterocycles. The highest BCUT2D eigenvalue weighted by atomic mass is 127. The normalized spacial score (nSPS) is 9.13. The number of hydrogen-bond acceptors (Lipinski definition) is 0. The highest BCUT2D eigenvalue weighted by Gasteiger charge is 1.95. The van der Waals surface area contributed by atoms with E-state index in [-0.39, 0.29) is 0 Å². The van der Waals surface area contributed by atoms with Gasteiger partial charge in [0.05, 0.1) is 0 Å². The third-order valence-electron chi connectivity index (χ3n) is 2.18. The summed E-state index contributed by atoms with van der Waals surface area (Å²) in [5.41, 5.74) is 3.53. The lowest BCUT2D eigenvalue weighted by Gasteiger charge is -2.00. The molecule has 0 heterocycles. The van der Waals surface area contributed by atoms with Crippen LogP contribution in [0, 0.1) is 9.85 Å². The summed E-state index contributed by atoms with van der Waals surface area (Å²) in [6.45, 7) is 0. The van der Waals surface area contributed by atoms with Crippen molar-refractivity contribution in [3.8, 4) is 21.0 Å². The number of halogens is 1. The van der Waals surface area contributed by atoms with Gasteiger partial charge in [0.15, 0.2) is 0 Å². The molecule has 2 rings (SSSR count). The lowest BCUT2D eigenvalue weighted by atomic mass is 10.0. The molecule has 0 saturated carbocycles. The highest BCUT2D eigenvalue weighted by molar-refractivity contribution is 14.1. The van der Waals surface area contributed by atoms with E-state index in [0.717, 1.165) is 5.56 Å². The minimum atomic E-state index is 1.06. The topological polar surface area (TPSA) is 0 Å². The molecule has 1 heteroatoms. The highest BCUT2D eigenvalue weighted by Crippen LogP contribution is 2.18. The Morgan fingerprint density at radius 3 is 1.93 bits per heavy atom. The Balaban J connectivity index is 2.35. The molecule has 2 aromatic carbocycles. The Hall–Kier alpha value is -1.27. The second-order valence-corrected chi connectivity index (χ2v) is 3.70. The quantitative estimate of drug-likeness (QED) is 0.550. The van der Waals surface area contributed by atoms with E-state index in [2.05, 4.69) is 56.7 Å². The molecule has 0 amide bonds. The first-order valence-corrected chi connectivity index (χ1v) is 5.75. The Morgan fingerprint density at radius 1 is 0.733 bits per heavy atom. The average molecular weight is 304 g/mol. The number of rotatable bonds is 1. The second-order valence-electron chi connectivity index (χ2n) is 3.16. The molecule has 15 heavy (non-hydrogen) atoms. The zero-order valence-electron chi connectivity index (χ0n) is 8.07. The van der Waals surface area contributed by atoms with Gasteiger partial charge < -0.3 is 0 Å². The van der Waals surface area contributed by atoms with Gasteiger partial charge in [0.2, 0.25) is 0 Å². The zero-order chi connectivity index (χ0) is 10.5. The fourth-order valence-corrected chi connectivity index (χ4v) is 1.74. The Bertz CT molecular complexity index is 486. The molecule has 0 spiro atoms. The van der Waals surface area contributed by atoms with E-state index >= 15 is 0 Å². The first-order valence-electron chi connectivity index (χ1n) is 4.67. The van der Waals surface area contributed by atoms with Gasteiger partial charge >= 0.3 is 0 Å². The molecule has 0 radical (unpaired) electrons. The van der Waals surface area contributed by atoms with Crippen LogP contribution in [0.5, 0.6) is 0 Å². The molecule has 0 unspecified atom stereocenters. The molecule has 0 fully saturated rings. The lowest BCUT2D eigenvalue weighted by Crippen LogP contribution is -1.77. The molecule has 0 nitrogen and oxygen atoms in total. The molecule has 72 valence electrons. The summed E-state index contributed by atoms with van der Waals surface area (Å²) in [7, 11) is 0. The summed E-state index contributed by atoms with van der Waals surface area (Å²) in [6, 6.07) is 18.7. The van der Waals surface area contributed by atoms with Crippen molar-refractivity contribution in [2.75, 3.05) is 0 Å². The van der Waals surface area contributed by atoms with E-state index in [4.69, 9.17) is 0 Å².